The third kappa shape index (κ3) is 1.40. The van der Waals surface area contributed by atoms with Crippen molar-refractivity contribution >= 4 is 11.6 Å². The van der Waals surface area contributed by atoms with E-state index in [1.165, 1.54) is 0 Å². The highest BCUT2D eigenvalue weighted by Crippen LogP contribution is 2.28. The van der Waals surface area contributed by atoms with Gasteiger partial charge in [0.2, 0.25) is 5.91 Å². The minimum atomic E-state index is 0.135. The molecule has 0 unspecified atom stereocenters. The maximum Gasteiger partial charge on any atom is 0.243 e. The van der Waals surface area contributed by atoms with Crippen LogP contribution in [0.5, 0.6) is 0 Å². The van der Waals surface area contributed by atoms with Crippen molar-refractivity contribution < 1.29 is 4.79 Å². The van der Waals surface area contributed by atoms with E-state index in [4.69, 9.17) is 0 Å². The number of hydrogen-bond acceptors (Lipinski definition) is 2. The molecule has 1 amide bonds. The zero-order valence-electron chi connectivity index (χ0n) is 8.40. The highest BCUT2D eigenvalue weighted by Gasteiger charge is 2.33. The summed E-state index contributed by atoms with van der Waals surface area (Å²) in [5.74, 6) is 0.135. The Hall–Kier alpha value is -1.35. The Morgan fingerprint density at radius 2 is 1.86 bits per heavy atom. The molecule has 73 valence electrons. The molecule has 1 aliphatic rings. The topological polar surface area (TPSA) is 23.6 Å². The fraction of sp³-hybridized carbons (Fsp3) is 0.273. The lowest BCUT2D eigenvalue weighted by atomic mass is 10.2. The lowest BCUT2D eigenvalue weighted by Gasteiger charge is -2.26. The van der Waals surface area contributed by atoms with Gasteiger partial charge in [-0.25, -0.2) is 10.0 Å². The first-order chi connectivity index (χ1) is 6.70. The molecule has 14 heavy (non-hydrogen) atoms. The number of hydrogen-bond donors (Lipinski definition) is 0. The van der Waals surface area contributed by atoms with Gasteiger partial charge >= 0.3 is 0 Å². The summed E-state index contributed by atoms with van der Waals surface area (Å²) in [5, 5.41) is 3.60. The van der Waals surface area contributed by atoms with E-state index in [0.29, 0.717) is 6.42 Å². The highest BCUT2D eigenvalue weighted by atomic mass is 16.2. The quantitative estimate of drug-likeness (QED) is 0.672. The minimum Gasteiger partial charge on any atom is -0.273 e. The van der Waals surface area contributed by atoms with Crippen LogP contribution in [0.2, 0.25) is 0 Å². The molecule has 2 rings (SSSR count). The number of nitrogens with zero attached hydrogens (tertiary/aromatic N) is 2. The monoisotopic (exact) mass is 189 g/mol. The maximum absolute atomic E-state index is 11.7. The molecular weight excluding hydrogens is 176 g/mol. The first-order valence-corrected chi connectivity index (χ1v) is 4.64. The van der Waals surface area contributed by atoms with Gasteiger partial charge in [0.05, 0.1) is 18.2 Å². The third-order valence-corrected chi connectivity index (χ3v) is 2.50. The molecule has 0 spiro atoms. The van der Waals surface area contributed by atoms with E-state index >= 15 is 0 Å². The van der Waals surface area contributed by atoms with Gasteiger partial charge in [-0.2, -0.15) is 0 Å². The molecule has 1 aromatic rings. The smallest absolute Gasteiger partial charge is 0.243 e. The van der Waals surface area contributed by atoms with E-state index in [1.807, 2.05) is 49.3 Å². The number of benzene rings is 1. The molecule has 0 N–H and O–H groups in total. The molecule has 0 bridgehead atoms. The molecule has 0 aliphatic carbocycles. The number of carbonyl (C=O) groups is 1. The number of carbonyl (C=O) groups excluding carboxylic acids is 1. The van der Waals surface area contributed by atoms with Crippen LogP contribution < -0.4 is 5.01 Å². The molecule has 3 heteroatoms. The van der Waals surface area contributed by atoms with Crippen molar-refractivity contribution in [1.82, 2.24) is 5.01 Å². The zero-order chi connectivity index (χ0) is 10.1. The van der Waals surface area contributed by atoms with Crippen molar-refractivity contribution in [3.8, 4) is 0 Å². The Morgan fingerprint density at radius 1 is 1.21 bits per heavy atom. The van der Waals surface area contributed by atoms with Gasteiger partial charge in [-0.3, -0.25) is 4.79 Å². The summed E-state index contributed by atoms with van der Waals surface area (Å²) < 4.78 is 0. The average molecular weight is 189 g/mol. The molecule has 1 radical (unpaired) electrons. The first kappa shape index (κ1) is 9.21. The summed E-state index contributed by atoms with van der Waals surface area (Å²) >= 11 is 0. The van der Waals surface area contributed by atoms with Crippen molar-refractivity contribution in [3.63, 3.8) is 0 Å². The van der Waals surface area contributed by atoms with Crippen molar-refractivity contribution in [2.45, 2.75) is 13.3 Å². The van der Waals surface area contributed by atoms with E-state index in [9.17, 15) is 4.79 Å². The molecule has 0 aromatic heterocycles. The maximum atomic E-state index is 11.7. The summed E-state index contributed by atoms with van der Waals surface area (Å²) in [6, 6.07) is 10.8. The Balaban J connectivity index is 2.31. The van der Waals surface area contributed by atoms with Gasteiger partial charge in [-0.15, -0.1) is 0 Å². The molecule has 3 nitrogen and oxygen atoms in total. The Labute approximate surface area is 83.9 Å². The van der Waals surface area contributed by atoms with Crippen LogP contribution in [0.15, 0.2) is 30.3 Å². The predicted molar refractivity (Wildman–Crippen MR) is 55.2 cm³/mol. The summed E-state index contributed by atoms with van der Waals surface area (Å²) in [7, 11) is 1.91. The molecular formula is C11H13N2O. The Bertz CT molecular complexity index is 336. The SMILES string of the molecule is C[C]1CC(=O)N(c2ccccc2)N1C. The van der Waals surface area contributed by atoms with Gasteiger partial charge in [-0.1, -0.05) is 18.2 Å². The van der Waals surface area contributed by atoms with Crippen molar-refractivity contribution in [2.24, 2.45) is 0 Å². The second-order valence-electron chi connectivity index (χ2n) is 3.48. The van der Waals surface area contributed by atoms with Gasteiger partial charge in [0, 0.05) is 7.05 Å². The lowest BCUT2D eigenvalue weighted by Crippen LogP contribution is -2.36. The Morgan fingerprint density at radius 3 is 2.36 bits per heavy atom. The molecule has 1 aromatic carbocycles. The number of para-hydroxylation sites is 1. The van der Waals surface area contributed by atoms with Crippen LogP contribution >= 0.6 is 0 Å². The summed E-state index contributed by atoms with van der Waals surface area (Å²) in [4.78, 5) is 11.7. The first-order valence-electron chi connectivity index (χ1n) is 4.64. The second kappa shape index (κ2) is 3.42. The van der Waals surface area contributed by atoms with Crippen LogP contribution in [0, 0.1) is 6.04 Å². The van der Waals surface area contributed by atoms with Crippen LogP contribution in [0.3, 0.4) is 0 Å². The van der Waals surface area contributed by atoms with Crippen molar-refractivity contribution in [1.29, 1.82) is 0 Å². The Kier molecular flexibility index (Phi) is 2.25. The van der Waals surface area contributed by atoms with Crippen molar-refractivity contribution in [3.05, 3.63) is 36.4 Å². The fourth-order valence-corrected chi connectivity index (χ4v) is 1.63. The standard InChI is InChI=1S/C11H13N2O/c1-9-8-11(14)13(12(9)2)10-6-4-3-5-7-10/h3-7H,8H2,1-2H3. The van der Waals surface area contributed by atoms with Gasteiger partial charge < -0.3 is 0 Å². The van der Waals surface area contributed by atoms with E-state index in [0.717, 1.165) is 11.7 Å². The van der Waals surface area contributed by atoms with Crippen LogP contribution in [0.1, 0.15) is 13.3 Å². The number of rotatable bonds is 1. The normalized spacial score (nSPS) is 19.3. The van der Waals surface area contributed by atoms with E-state index in [-0.39, 0.29) is 5.91 Å². The fourth-order valence-electron chi connectivity index (χ4n) is 1.63. The molecule has 1 heterocycles. The van der Waals surface area contributed by atoms with Crippen LogP contribution in [-0.4, -0.2) is 18.0 Å². The molecule has 1 aliphatic heterocycles. The van der Waals surface area contributed by atoms with Gasteiger partial charge in [0.15, 0.2) is 0 Å². The largest absolute Gasteiger partial charge is 0.273 e. The summed E-state index contributed by atoms with van der Waals surface area (Å²) in [5.41, 5.74) is 0.928. The molecule has 0 saturated carbocycles. The second-order valence-corrected chi connectivity index (χ2v) is 3.48. The third-order valence-electron chi connectivity index (χ3n) is 2.50. The lowest BCUT2D eigenvalue weighted by molar-refractivity contribution is -0.117. The van der Waals surface area contributed by atoms with Crippen LogP contribution in [-0.2, 0) is 4.79 Å². The highest BCUT2D eigenvalue weighted by molar-refractivity contribution is 5.96. The van der Waals surface area contributed by atoms with E-state index < -0.39 is 0 Å². The predicted octanol–water partition coefficient (Wildman–Crippen LogP) is 1.82. The van der Waals surface area contributed by atoms with Gasteiger partial charge in [0.25, 0.3) is 0 Å². The number of hydrazine groups is 1. The summed E-state index contributed by atoms with van der Waals surface area (Å²) in [6.45, 7) is 1.97. The molecule has 1 fully saturated rings. The van der Waals surface area contributed by atoms with Gasteiger partial charge in [-0.05, 0) is 19.1 Å². The van der Waals surface area contributed by atoms with E-state index in [2.05, 4.69) is 0 Å². The molecule has 0 atom stereocenters. The van der Waals surface area contributed by atoms with Crippen LogP contribution in [0.4, 0.5) is 5.69 Å². The number of amides is 1. The van der Waals surface area contributed by atoms with Crippen molar-refractivity contribution in [2.75, 3.05) is 12.1 Å². The zero-order valence-corrected chi connectivity index (χ0v) is 8.40. The van der Waals surface area contributed by atoms with Crippen LogP contribution in [0.25, 0.3) is 0 Å². The summed E-state index contributed by atoms with van der Waals surface area (Å²) in [6.07, 6.45) is 0.519. The van der Waals surface area contributed by atoms with E-state index in [1.54, 1.807) is 5.01 Å². The molecule has 1 saturated heterocycles. The van der Waals surface area contributed by atoms with Gasteiger partial charge in [0.1, 0.15) is 0 Å². The minimum absolute atomic E-state index is 0.135. The number of anilines is 1. The average Bonchev–Trinajstić information content (AvgIpc) is 2.43.